The molecule has 1 aromatic heterocycles. The summed E-state index contributed by atoms with van der Waals surface area (Å²) in [4.78, 5) is 15.8. The van der Waals surface area contributed by atoms with Crippen LogP contribution in [-0.2, 0) is 9.63 Å². The van der Waals surface area contributed by atoms with Gasteiger partial charge in [-0.25, -0.2) is 4.68 Å². The van der Waals surface area contributed by atoms with Gasteiger partial charge in [0.1, 0.15) is 13.7 Å². The average Bonchev–Trinajstić information content (AvgIpc) is 3.01. The maximum absolute atomic E-state index is 11.3. The zero-order valence-corrected chi connectivity index (χ0v) is 14.0. The highest BCUT2D eigenvalue weighted by molar-refractivity contribution is 6.44. The Bertz CT molecular complexity index is 766. The minimum absolute atomic E-state index is 0.0489. The predicted molar refractivity (Wildman–Crippen MR) is 91.5 cm³/mol. The number of ether oxygens (including phenoxy) is 1. The van der Waals surface area contributed by atoms with E-state index in [1.165, 1.54) is 7.11 Å². The van der Waals surface area contributed by atoms with Crippen LogP contribution in [0.3, 0.4) is 0 Å². The molecule has 0 aliphatic carbocycles. The first-order chi connectivity index (χ1) is 11.5. The molecule has 8 heteroatoms. The number of benzene rings is 1. The van der Waals surface area contributed by atoms with Gasteiger partial charge >= 0.3 is 0 Å². The van der Waals surface area contributed by atoms with Gasteiger partial charge in [-0.3, -0.25) is 4.79 Å². The number of hydrogen-bond acceptors (Lipinski definition) is 5. The summed E-state index contributed by atoms with van der Waals surface area (Å²) in [6.07, 6.45) is 3.44. The molecule has 7 nitrogen and oxygen atoms in total. The summed E-state index contributed by atoms with van der Waals surface area (Å²) in [7, 11) is 1.34. The lowest BCUT2D eigenvalue weighted by Gasteiger charge is -2.03. The van der Waals surface area contributed by atoms with Gasteiger partial charge in [-0.2, -0.15) is 0 Å². The second kappa shape index (κ2) is 8.16. The number of carbonyl (C=O) groups is 1. The number of carbonyl (C=O) groups excluding carboxylic acids is 1. The van der Waals surface area contributed by atoms with E-state index in [-0.39, 0.29) is 12.3 Å². The summed E-state index contributed by atoms with van der Waals surface area (Å²) in [5, 5.41) is 8.55. The van der Waals surface area contributed by atoms with Gasteiger partial charge in [0, 0.05) is 17.3 Å². The van der Waals surface area contributed by atoms with Crippen molar-refractivity contribution in [3.63, 3.8) is 0 Å². The monoisotopic (exact) mass is 348 g/mol. The molecule has 0 unspecified atom stereocenters. The van der Waals surface area contributed by atoms with Crippen LogP contribution in [-0.4, -0.2) is 35.1 Å². The topological polar surface area (TPSA) is 91.7 Å². The summed E-state index contributed by atoms with van der Waals surface area (Å²) in [5.41, 5.74) is 6.70. The van der Waals surface area contributed by atoms with Crippen molar-refractivity contribution >= 4 is 23.2 Å². The number of oxime groups is 1. The van der Waals surface area contributed by atoms with E-state index < -0.39 is 5.91 Å². The van der Waals surface area contributed by atoms with Crippen LogP contribution in [0.2, 0.25) is 5.02 Å². The van der Waals surface area contributed by atoms with E-state index >= 15 is 0 Å². The van der Waals surface area contributed by atoms with Crippen molar-refractivity contribution in [3.05, 3.63) is 53.2 Å². The molecule has 0 aliphatic rings. The molecule has 1 heterocycles. The molecule has 0 fully saturated rings. The van der Waals surface area contributed by atoms with Crippen molar-refractivity contribution in [3.8, 4) is 11.6 Å². The van der Waals surface area contributed by atoms with Crippen molar-refractivity contribution in [2.75, 3.05) is 13.7 Å². The van der Waals surface area contributed by atoms with Crippen LogP contribution in [0, 0.1) is 0 Å². The number of nitrogens with zero attached hydrogens (tertiary/aromatic N) is 3. The van der Waals surface area contributed by atoms with Crippen LogP contribution < -0.4 is 10.5 Å². The summed E-state index contributed by atoms with van der Waals surface area (Å²) in [6.45, 7) is 1.90. The van der Waals surface area contributed by atoms with Gasteiger partial charge in [0.05, 0.1) is 5.69 Å². The minimum atomic E-state index is -0.669. The van der Waals surface area contributed by atoms with Gasteiger partial charge in [-0.15, -0.1) is 5.10 Å². The maximum atomic E-state index is 11.3. The summed E-state index contributed by atoms with van der Waals surface area (Å²) in [6, 6.07) is 9.00. The van der Waals surface area contributed by atoms with E-state index in [2.05, 4.69) is 15.1 Å². The molecule has 0 atom stereocenters. The Morgan fingerprint density at radius 3 is 2.71 bits per heavy atom. The number of nitrogens with two attached hydrogens (primary N) is 1. The van der Waals surface area contributed by atoms with Crippen LogP contribution in [0.1, 0.15) is 6.92 Å². The first-order valence-electron chi connectivity index (χ1n) is 7.03. The van der Waals surface area contributed by atoms with Crippen LogP contribution >= 0.6 is 11.6 Å². The Morgan fingerprint density at radius 1 is 1.38 bits per heavy atom. The van der Waals surface area contributed by atoms with Crippen molar-refractivity contribution in [2.45, 2.75) is 6.92 Å². The number of primary amides is 1. The van der Waals surface area contributed by atoms with Gasteiger partial charge in [-0.1, -0.05) is 16.8 Å². The molecule has 0 saturated carbocycles. The van der Waals surface area contributed by atoms with Crippen molar-refractivity contribution in [1.82, 2.24) is 9.78 Å². The molecule has 24 heavy (non-hydrogen) atoms. The van der Waals surface area contributed by atoms with Crippen molar-refractivity contribution < 1.29 is 14.4 Å². The third kappa shape index (κ3) is 4.60. The Morgan fingerprint density at radius 2 is 2.08 bits per heavy atom. The van der Waals surface area contributed by atoms with Crippen LogP contribution in [0.25, 0.3) is 5.69 Å². The number of rotatable bonds is 7. The molecule has 0 bridgehead atoms. The number of amides is 1. The third-order valence-corrected chi connectivity index (χ3v) is 3.32. The summed E-state index contributed by atoms with van der Waals surface area (Å²) >= 11 is 5.86. The standard InChI is InChI=1S/C16H17ClN4O3/c1-11(15(16(18)22)20-23-2)8-10-24-14-7-9-21(19-14)13-5-3-12(17)4-6-13/h3-9H,10H2,1-2H3,(H2,18,22). The quantitative estimate of drug-likeness (QED) is 0.614. The SMILES string of the molecule is CON=C(C(N)=O)C(C)=CCOc1ccn(-c2ccc(Cl)cc2)n1. The highest BCUT2D eigenvalue weighted by atomic mass is 35.5. The van der Waals surface area contributed by atoms with Gasteiger partial charge in [0.15, 0.2) is 5.71 Å². The summed E-state index contributed by atoms with van der Waals surface area (Å²) in [5.74, 6) is -0.226. The first kappa shape index (κ1) is 17.6. The fourth-order valence-corrected chi connectivity index (χ4v) is 2.00. The molecule has 2 rings (SSSR count). The van der Waals surface area contributed by atoms with Gasteiger partial charge in [0.2, 0.25) is 5.88 Å². The van der Waals surface area contributed by atoms with Crippen molar-refractivity contribution in [1.29, 1.82) is 0 Å². The first-order valence-corrected chi connectivity index (χ1v) is 7.41. The molecule has 0 spiro atoms. The van der Waals surface area contributed by atoms with Gasteiger partial charge in [0.25, 0.3) is 5.91 Å². The number of hydrogen-bond donors (Lipinski definition) is 1. The molecule has 0 saturated heterocycles. The van der Waals surface area contributed by atoms with Crippen molar-refractivity contribution in [2.24, 2.45) is 10.9 Å². The fourth-order valence-electron chi connectivity index (χ4n) is 1.87. The van der Waals surface area contributed by atoms with Crippen LogP contribution in [0.5, 0.6) is 5.88 Å². The van der Waals surface area contributed by atoms with E-state index in [9.17, 15) is 4.79 Å². The molecule has 0 radical (unpaired) electrons. The summed E-state index contributed by atoms with van der Waals surface area (Å²) < 4.78 is 7.20. The second-order valence-corrected chi connectivity index (χ2v) is 5.20. The lowest BCUT2D eigenvalue weighted by Crippen LogP contribution is -2.24. The normalized spacial score (nSPS) is 12.1. The van der Waals surface area contributed by atoms with Gasteiger partial charge in [-0.05, 0) is 42.8 Å². The molecule has 2 N–H and O–H groups in total. The Kier molecular flexibility index (Phi) is 5.97. The third-order valence-electron chi connectivity index (χ3n) is 3.07. The molecule has 0 aliphatic heterocycles. The zero-order chi connectivity index (χ0) is 17.5. The molecule has 1 aromatic carbocycles. The average molecular weight is 349 g/mol. The maximum Gasteiger partial charge on any atom is 0.271 e. The van der Waals surface area contributed by atoms with E-state index in [4.69, 9.17) is 22.1 Å². The Labute approximate surface area is 144 Å². The lowest BCUT2D eigenvalue weighted by atomic mass is 10.1. The number of halogens is 1. The van der Waals surface area contributed by atoms with E-state index in [0.29, 0.717) is 16.5 Å². The molecule has 2 aromatic rings. The minimum Gasteiger partial charge on any atom is -0.472 e. The highest BCUT2D eigenvalue weighted by Gasteiger charge is 2.10. The highest BCUT2D eigenvalue weighted by Crippen LogP contribution is 2.15. The fraction of sp³-hybridized carbons (Fsp3) is 0.188. The molecular formula is C16H17ClN4O3. The zero-order valence-electron chi connectivity index (χ0n) is 13.3. The lowest BCUT2D eigenvalue weighted by molar-refractivity contribution is -0.112. The van der Waals surface area contributed by atoms with Crippen LogP contribution in [0.4, 0.5) is 0 Å². The Balaban J connectivity index is 2.00. The van der Waals surface area contributed by atoms with Crippen LogP contribution in [0.15, 0.2) is 53.3 Å². The predicted octanol–water partition coefficient (Wildman–Crippen LogP) is 2.34. The van der Waals surface area contributed by atoms with Gasteiger partial charge < -0.3 is 15.3 Å². The second-order valence-electron chi connectivity index (χ2n) is 4.76. The molecule has 126 valence electrons. The largest absolute Gasteiger partial charge is 0.472 e. The molecular weight excluding hydrogens is 332 g/mol. The van der Waals surface area contributed by atoms with E-state index in [1.54, 1.807) is 42.1 Å². The van der Waals surface area contributed by atoms with E-state index in [0.717, 1.165) is 5.69 Å². The van der Waals surface area contributed by atoms with E-state index in [1.807, 2.05) is 12.1 Å². The number of aromatic nitrogens is 2. The smallest absolute Gasteiger partial charge is 0.271 e. The Hall–Kier alpha value is -2.80. The molecule has 1 amide bonds.